The molecule has 1 aromatic rings. The summed E-state index contributed by atoms with van der Waals surface area (Å²) in [6, 6.07) is 4.28. The number of nitrogens with one attached hydrogen (secondary N) is 2. The van der Waals surface area contributed by atoms with Gasteiger partial charge in [-0.15, -0.1) is 24.0 Å². The quantitative estimate of drug-likeness (QED) is 0.454. The van der Waals surface area contributed by atoms with Crippen LogP contribution in [0.15, 0.2) is 27.8 Å². The molecule has 1 aromatic heterocycles. The second-order valence-corrected chi connectivity index (χ2v) is 5.14. The minimum atomic E-state index is 0. The van der Waals surface area contributed by atoms with Gasteiger partial charge in [-0.25, -0.2) is 0 Å². The van der Waals surface area contributed by atoms with Crippen LogP contribution in [0.2, 0.25) is 0 Å². The van der Waals surface area contributed by atoms with E-state index in [9.17, 15) is 0 Å². The molecule has 0 saturated heterocycles. The molecule has 0 saturated carbocycles. The van der Waals surface area contributed by atoms with Crippen LogP contribution in [0.3, 0.4) is 0 Å². The zero-order valence-corrected chi connectivity index (χ0v) is 14.6. The smallest absolute Gasteiger partial charge is 0.191 e. The van der Waals surface area contributed by atoms with Crippen LogP contribution < -0.4 is 10.6 Å². The molecule has 19 heavy (non-hydrogen) atoms. The van der Waals surface area contributed by atoms with Gasteiger partial charge in [0.05, 0.1) is 6.26 Å². The first-order valence-electron chi connectivity index (χ1n) is 6.65. The van der Waals surface area contributed by atoms with E-state index in [1.54, 1.807) is 6.26 Å². The number of aliphatic imine (C=N–C) groups is 1. The van der Waals surface area contributed by atoms with Gasteiger partial charge in [0.1, 0.15) is 5.76 Å². The fourth-order valence-electron chi connectivity index (χ4n) is 1.46. The number of rotatable bonds is 6. The fourth-order valence-corrected chi connectivity index (χ4v) is 1.46. The van der Waals surface area contributed by atoms with Crippen molar-refractivity contribution in [3.63, 3.8) is 0 Å². The maximum absolute atomic E-state index is 5.29. The summed E-state index contributed by atoms with van der Waals surface area (Å²) in [7, 11) is 0. The highest BCUT2D eigenvalue weighted by Crippen LogP contribution is 1.99. The van der Waals surface area contributed by atoms with E-state index in [0.717, 1.165) is 31.2 Å². The van der Waals surface area contributed by atoms with E-state index in [0.29, 0.717) is 12.0 Å². The first kappa shape index (κ1) is 18.3. The molecule has 0 atom stereocenters. The molecule has 0 bridgehead atoms. The van der Waals surface area contributed by atoms with Crippen LogP contribution in [0, 0.1) is 5.92 Å². The topological polar surface area (TPSA) is 49.6 Å². The number of guanidine groups is 1. The number of halogens is 1. The minimum absolute atomic E-state index is 0. The Morgan fingerprint density at radius 1 is 1.32 bits per heavy atom. The Balaban J connectivity index is 0.00000324. The average molecular weight is 379 g/mol. The van der Waals surface area contributed by atoms with Crippen LogP contribution >= 0.6 is 24.0 Å². The standard InChI is InChI=1S/C14H25N3O.HI/c1-11(2)10-16-14(17-12(3)4)15-8-7-13-6-5-9-18-13;/h5-6,9,11-12H,7-8,10H2,1-4H3,(H2,15,16,17);1H. The first-order chi connectivity index (χ1) is 8.58. The lowest BCUT2D eigenvalue weighted by molar-refractivity contribution is 0.506. The SMILES string of the molecule is CC(C)CN=C(NCCc1ccco1)NC(C)C.I. The van der Waals surface area contributed by atoms with Gasteiger partial charge in [0, 0.05) is 25.6 Å². The lowest BCUT2D eigenvalue weighted by Crippen LogP contribution is -2.42. The van der Waals surface area contributed by atoms with Gasteiger partial charge < -0.3 is 15.1 Å². The van der Waals surface area contributed by atoms with Gasteiger partial charge in [-0.05, 0) is 31.9 Å². The van der Waals surface area contributed by atoms with Crippen molar-refractivity contribution in [2.24, 2.45) is 10.9 Å². The maximum Gasteiger partial charge on any atom is 0.191 e. The largest absolute Gasteiger partial charge is 0.469 e. The lowest BCUT2D eigenvalue weighted by Gasteiger charge is -2.15. The van der Waals surface area contributed by atoms with Crippen LogP contribution in [0.5, 0.6) is 0 Å². The highest BCUT2D eigenvalue weighted by molar-refractivity contribution is 14.0. The molecule has 2 N–H and O–H groups in total. The van der Waals surface area contributed by atoms with Gasteiger partial charge in [0.25, 0.3) is 0 Å². The summed E-state index contributed by atoms with van der Waals surface area (Å²) in [6.07, 6.45) is 2.57. The molecule has 0 radical (unpaired) electrons. The molecule has 0 aliphatic rings. The molecule has 1 heterocycles. The summed E-state index contributed by atoms with van der Waals surface area (Å²) in [5, 5.41) is 6.65. The third kappa shape index (κ3) is 8.91. The van der Waals surface area contributed by atoms with E-state index in [4.69, 9.17) is 4.42 Å². The molecule has 0 unspecified atom stereocenters. The summed E-state index contributed by atoms with van der Waals surface area (Å²) < 4.78 is 5.29. The van der Waals surface area contributed by atoms with Gasteiger partial charge in [-0.2, -0.15) is 0 Å². The van der Waals surface area contributed by atoms with Crippen LogP contribution in [-0.2, 0) is 6.42 Å². The van der Waals surface area contributed by atoms with E-state index in [2.05, 4.69) is 43.3 Å². The normalized spacial score (nSPS) is 11.6. The molecular weight excluding hydrogens is 353 g/mol. The maximum atomic E-state index is 5.29. The summed E-state index contributed by atoms with van der Waals surface area (Å²) in [5.41, 5.74) is 0. The van der Waals surface area contributed by atoms with E-state index >= 15 is 0 Å². The van der Waals surface area contributed by atoms with Crippen molar-refractivity contribution in [1.29, 1.82) is 0 Å². The number of hydrogen-bond acceptors (Lipinski definition) is 2. The Hall–Kier alpha value is -0.720. The zero-order chi connectivity index (χ0) is 13.4. The second-order valence-electron chi connectivity index (χ2n) is 5.14. The Labute approximate surface area is 133 Å². The van der Waals surface area contributed by atoms with Crippen molar-refractivity contribution in [3.8, 4) is 0 Å². The van der Waals surface area contributed by atoms with E-state index in [1.165, 1.54) is 0 Å². The Morgan fingerprint density at radius 3 is 2.58 bits per heavy atom. The Bertz CT molecular complexity index is 348. The summed E-state index contributed by atoms with van der Waals surface area (Å²) in [4.78, 5) is 4.55. The molecule has 0 aliphatic carbocycles. The van der Waals surface area contributed by atoms with Gasteiger partial charge in [-0.3, -0.25) is 4.99 Å². The Kier molecular flexibility index (Phi) is 9.73. The molecule has 0 aliphatic heterocycles. The third-order valence-electron chi connectivity index (χ3n) is 2.28. The lowest BCUT2D eigenvalue weighted by atomic mass is 10.2. The van der Waals surface area contributed by atoms with Gasteiger partial charge in [0.15, 0.2) is 5.96 Å². The molecule has 5 heteroatoms. The number of hydrogen-bond donors (Lipinski definition) is 2. The Morgan fingerprint density at radius 2 is 2.05 bits per heavy atom. The van der Waals surface area contributed by atoms with E-state index in [-0.39, 0.29) is 24.0 Å². The summed E-state index contributed by atoms with van der Waals surface area (Å²) in [5.74, 6) is 2.45. The predicted octanol–water partition coefficient (Wildman–Crippen LogP) is 3.04. The zero-order valence-electron chi connectivity index (χ0n) is 12.3. The van der Waals surface area contributed by atoms with Crippen LogP contribution in [0.25, 0.3) is 0 Å². The van der Waals surface area contributed by atoms with Gasteiger partial charge in [0.2, 0.25) is 0 Å². The highest BCUT2D eigenvalue weighted by atomic mass is 127. The van der Waals surface area contributed by atoms with Crippen molar-refractivity contribution in [1.82, 2.24) is 10.6 Å². The first-order valence-corrected chi connectivity index (χ1v) is 6.65. The van der Waals surface area contributed by atoms with Crippen molar-refractivity contribution < 1.29 is 4.42 Å². The van der Waals surface area contributed by atoms with Crippen molar-refractivity contribution in [3.05, 3.63) is 24.2 Å². The van der Waals surface area contributed by atoms with Crippen molar-refractivity contribution in [2.45, 2.75) is 40.2 Å². The predicted molar refractivity (Wildman–Crippen MR) is 91.2 cm³/mol. The number of nitrogens with zero attached hydrogens (tertiary/aromatic N) is 1. The third-order valence-corrected chi connectivity index (χ3v) is 2.28. The number of furan rings is 1. The molecule has 0 aromatic carbocycles. The van der Waals surface area contributed by atoms with Crippen LogP contribution in [0.4, 0.5) is 0 Å². The van der Waals surface area contributed by atoms with Gasteiger partial charge >= 0.3 is 0 Å². The molecular formula is C14H26IN3O. The van der Waals surface area contributed by atoms with Crippen LogP contribution in [-0.4, -0.2) is 25.1 Å². The average Bonchev–Trinajstić information content (AvgIpc) is 2.77. The fraction of sp³-hybridized carbons (Fsp3) is 0.643. The monoisotopic (exact) mass is 379 g/mol. The van der Waals surface area contributed by atoms with E-state index in [1.807, 2.05) is 12.1 Å². The molecule has 0 spiro atoms. The van der Waals surface area contributed by atoms with Crippen LogP contribution in [0.1, 0.15) is 33.5 Å². The molecule has 0 amide bonds. The second kappa shape index (κ2) is 10.1. The summed E-state index contributed by atoms with van der Waals surface area (Å²) in [6.45, 7) is 10.2. The highest BCUT2D eigenvalue weighted by Gasteiger charge is 2.02. The van der Waals surface area contributed by atoms with E-state index < -0.39 is 0 Å². The van der Waals surface area contributed by atoms with Gasteiger partial charge in [-0.1, -0.05) is 13.8 Å². The molecule has 110 valence electrons. The summed E-state index contributed by atoms with van der Waals surface area (Å²) >= 11 is 0. The molecule has 1 rings (SSSR count). The minimum Gasteiger partial charge on any atom is -0.469 e. The molecule has 0 fully saturated rings. The molecule has 4 nitrogen and oxygen atoms in total. The van der Waals surface area contributed by atoms with Crippen molar-refractivity contribution >= 4 is 29.9 Å². The van der Waals surface area contributed by atoms with Crippen molar-refractivity contribution in [2.75, 3.05) is 13.1 Å².